The molecule has 0 unspecified atom stereocenters. The number of hydrogen-bond donors (Lipinski definition) is 0. The van der Waals surface area contributed by atoms with Crippen molar-refractivity contribution >= 4 is 0 Å². The molecule has 0 aliphatic heterocycles. The Hall–Kier alpha value is -0.860. The van der Waals surface area contributed by atoms with Crippen LogP contribution >= 0.6 is 0 Å². The van der Waals surface area contributed by atoms with Gasteiger partial charge in [-0.15, -0.1) is 0 Å². The molecular weight excluding hydrogens is 328 g/mol. The van der Waals surface area contributed by atoms with Gasteiger partial charge in [0.15, 0.2) is 0 Å². The second-order valence-electron chi connectivity index (χ2n) is 10.2. The van der Waals surface area contributed by atoms with E-state index in [2.05, 4.69) is 65.6 Å². The zero-order valence-corrected chi connectivity index (χ0v) is 19.2. The second-order valence-corrected chi connectivity index (χ2v) is 10.2. The summed E-state index contributed by atoms with van der Waals surface area (Å²) >= 11 is 0. The van der Waals surface area contributed by atoms with E-state index in [9.17, 15) is 0 Å². The van der Waals surface area contributed by atoms with E-state index in [4.69, 9.17) is 0 Å². The Balaban J connectivity index is 1.88. The van der Waals surface area contributed by atoms with E-state index in [1.165, 1.54) is 100 Å². The molecule has 0 amide bonds. The Morgan fingerprint density at radius 1 is 0.519 bits per heavy atom. The van der Waals surface area contributed by atoms with Gasteiger partial charge in [-0.25, -0.2) is 0 Å². The van der Waals surface area contributed by atoms with Crippen LogP contribution in [-0.4, -0.2) is 63.8 Å². The summed E-state index contributed by atoms with van der Waals surface area (Å²) in [5, 5.41) is 0. The van der Waals surface area contributed by atoms with E-state index in [0.29, 0.717) is 0 Å². The average molecular weight is 377 g/mol. The number of benzene rings is 1. The second kappa shape index (κ2) is 13.3. The maximum atomic E-state index is 2.41. The van der Waals surface area contributed by atoms with Crippen LogP contribution < -0.4 is 0 Å². The molecule has 156 valence electrons. The maximum Gasteiger partial charge on any atom is 0.0836 e. The van der Waals surface area contributed by atoms with Crippen LogP contribution in [0.15, 0.2) is 30.3 Å². The van der Waals surface area contributed by atoms with Gasteiger partial charge in [-0.05, 0) is 31.2 Å². The van der Waals surface area contributed by atoms with E-state index in [1.54, 1.807) is 0 Å². The zero-order valence-electron chi connectivity index (χ0n) is 19.2. The van der Waals surface area contributed by atoms with Crippen molar-refractivity contribution in [1.82, 2.24) is 0 Å². The predicted molar refractivity (Wildman–Crippen MR) is 121 cm³/mol. The van der Waals surface area contributed by atoms with Crippen LogP contribution in [0, 0.1) is 0 Å². The van der Waals surface area contributed by atoms with Crippen molar-refractivity contribution in [2.75, 3.05) is 54.9 Å². The third-order valence-corrected chi connectivity index (χ3v) is 5.66. The van der Waals surface area contributed by atoms with Crippen LogP contribution in [0.1, 0.15) is 69.8 Å². The van der Waals surface area contributed by atoms with Gasteiger partial charge in [0.1, 0.15) is 0 Å². The van der Waals surface area contributed by atoms with Gasteiger partial charge in [-0.1, -0.05) is 68.9 Å². The molecule has 0 heterocycles. The van der Waals surface area contributed by atoms with Gasteiger partial charge >= 0.3 is 0 Å². The van der Waals surface area contributed by atoms with Crippen molar-refractivity contribution in [3.8, 4) is 0 Å². The largest absolute Gasteiger partial charge is 0.331 e. The quantitative estimate of drug-likeness (QED) is 0.248. The van der Waals surface area contributed by atoms with Crippen molar-refractivity contribution in [3.63, 3.8) is 0 Å². The third-order valence-electron chi connectivity index (χ3n) is 5.66. The minimum atomic E-state index is 1.09. The summed E-state index contributed by atoms with van der Waals surface area (Å²) in [5.41, 5.74) is 1.50. The molecule has 0 aromatic heterocycles. The lowest BCUT2D eigenvalue weighted by molar-refractivity contribution is -0.902. The summed E-state index contributed by atoms with van der Waals surface area (Å²) in [6.45, 7) is 3.95. The monoisotopic (exact) mass is 376 g/mol. The minimum Gasteiger partial charge on any atom is -0.331 e. The van der Waals surface area contributed by atoms with E-state index in [1.807, 2.05) is 0 Å². The highest BCUT2D eigenvalue weighted by Crippen LogP contribution is 2.13. The Kier molecular flexibility index (Phi) is 11.9. The van der Waals surface area contributed by atoms with E-state index < -0.39 is 0 Å². The lowest BCUT2D eigenvalue weighted by Crippen LogP contribution is -2.44. The molecule has 1 aromatic rings. The fourth-order valence-corrected chi connectivity index (χ4v) is 3.84. The molecule has 27 heavy (non-hydrogen) atoms. The number of unbranched alkanes of at least 4 members (excludes halogenated alkanes) is 8. The van der Waals surface area contributed by atoms with Gasteiger partial charge in [0, 0.05) is 6.42 Å². The first kappa shape index (κ1) is 24.2. The van der Waals surface area contributed by atoms with Crippen LogP contribution in [0.25, 0.3) is 0 Å². The van der Waals surface area contributed by atoms with Crippen LogP contribution in [0.5, 0.6) is 0 Å². The molecule has 1 rings (SSSR count). The molecule has 2 nitrogen and oxygen atoms in total. The number of hydrogen-bond acceptors (Lipinski definition) is 0. The predicted octanol–water partition coefficient (Wildman–Crippen LogP) is 5.91. The number of rotatable bonds is 16. The van der Waals surface area contributed by atoms with E-state index >= 15 is 0 Å². The van der Waals surface area contributed by atoms with Crippen molar-refractivity contribution in [3.05, 3.63) is 35.9 Å². The van der Waals surface area contributed by atoms with Gasteiger partial charge in [0.25, 0.3) is 0 Å². The highest BCUT2D eigenvalue weighted by molar-refractivity contribution is 5.14. The summed E-state index contributed by atoms with van der Waals surface area (Å²) in [6, 6.07) is 10.9. The smallest absolute Gasteiger partial charge is 0.0836 e. The van der Waals surface area contributed by atoms with Crippen molar-refractivity contribution < 1.29 is 8.97 Å². The molecule has 0 radical (unpaired) electrons. The molecule has 0 aliphatic rings. The number of nitrogens with zero attached hydrogens (tertiary/aromatic N) is 2. The van der Waals surface area contributed by atoms with Gasteiger partial charge < -0.3 is 8.97 Å². The first-order valence-corrected chi connectivity index (χ1v) is 11.4. The summed E-state index contributed by atoms with van der Waals surface area (Å²) in [5.74, 6) is 0. The van der Waals surface area contributed by atoms with E-state index in [-0.39, 0.29) is 0 Å². The Bertz CT molecular complexity index is 459. The van der Waals surface area contributed by atoms with Gasteiger partial charge in [-0.3, -0.25) is 0 Å². The maximum absolute atomic E-state index is 2.41. The standard InChI is InChI=1S/C25H48N2/c1-26(2,3)22-18-24-27(4,5)23-17-12-10-8-6-7-9-11-14-19-25-20-15-13-16-21-25/h13,15-16,20-21H,6-12,14,17-19,22-24H2,1-5H3/q+2. The van der Waals surface area contributed by atoms with Crippen LogP contribution in [0.4, 0.5) is 0 Å². The van der Waals surface area contributed by atoms with E-state index in [0.717, 1.165) is 4.48 Å². The summed E-state index contributed by atoms with van der Waals surface area (Å²) < 4.78 is 2.29. The fourth-order valence-electron chi connectivity index (χ4n) is 3.84. The molecule has 0 fully saturated rings. The van der Waals surface area contributed by atoms with Gasteiger partial charge in [0.2, 0.25) is 0 Å². The Morgan fingerprint density at radius 3 is 1.56 bits per heavy atom. The molecule has 2 heteroatoms. The molecule has 0 bridgehead atoms. The third kappa shape index (κ3) is 14.8. The molecular formula is C25H48N2+2. The van der Waals surface area contributed by atoms with Crippen molar-refractivity contribution in [1.29, 1.82) is 0 Å². The van der Waals surface area contributed by atoms with Gasteiger partial charge in [0.05, 0.1) is 54.9 Å². The topological polar surface area (TPSA) is 0 Å². The normalized spacial score (nSPS) is 12.5. The van der Waals surface area contributed by atoms with Crippen LogP contribution in [0.2, 0.25) is 0 Å². The summed E-state index contributed by atoms with van der Waals surface area (Å²) in [4.78, 5) is 0. The van der Waals surface area contributed by atoms with Gasteiger partial charge in [-0.2, -0.15) is 0 Å². The summed E-state index contributed by atoms with van der Waals surface area (Å²) in [6.07, 6.45) is 15.3. The molecule has 0 saturated carbocycles. The lowest BCUT2D eigenvalue weighted by Gasteiger charge is -2.31. The first-order chi connectivity index (χ1) is 12.8. The molecule has 1 aromatic carbocycles. The molecule has 0 saturated heterocycles. The number of quaternary nitrogens is 2. The van der Waals surface area contributed by atoms with Crippen molar-refractivity contribution in [2.45, 2.75) is 70.6 Å². The minimum absolute atomic E-state index is 1.09. The lowest BCUT2D eigenvalue weighted by atomic mass is 10.0. The average Bonchev–Trinajstić information content (AvgIpc) is 2.59. The van der Waals surface area contributed by atoms with Crippen LogP contribution in [-0.2, 0) is 6.42 Å². The highest BCUT2D eigenvalue weighted by Gasteiger charge is 2.16. The molecule has 0 aliphatic carbocycles. The SMILES string of the molecule is C[N+](C)(C)CCC[N+](C)(C)CCCCCCCCCCCc1ccccc1. The molecule has 0 N–H and O–H groups in total. The Labute approximate surface area is 170 Å². The zero-order chi connectivity index (χ0) is 20.0. The molecule has 0 spiro atoms. The fraction of sp³-hybridized carbons (Fsp3) is 0.760. The van der Waals surface area contributed by atoms with Crippen LogP contribution in [0.3, 0.4) is 0 Å². The highest BCUT2D eigenvalue weighted by atomic mass is 15.3. The first-order valence-electron chi connectivity index (χ1n) is 11.4. The summed E-state index contributed by atoms with van der Waals surface area (Å²) in [7, 11) is 11.7. The van der Waals surface area contributed by atoms with Crippen molar-refractivity contribution in [2.24, 2.45) is 0 Å². The molecule has 0 atom stereocenters. The number of aryl methyl sites for hydroxylation is 1. The Morgan fingerprint density at radius 2 is 1.00 bits per heavy atom.